The Morgan fingerprint density at radius 2 is 1.84 bits per heavy atom. The fraction of sp³-hybridized carbons (Fsp3) is 0.125. The number of carbonyl (C=O) groups excluding carboxylic acids is 1. The Bertz CT molecular complexity index is 956. The van der Waals surface area contributed by atoms with Crippen LogP contribution in [0.4, 0.5) is 10.7 Å². The van der Waals surface area contributed by atoms with E-state index in [1.54, 1.807) is 42.5 Å². The van der Waals surface area contributed by atoms with Crippen molar-refractivity contribution in [2.24, 2.45) is 0 Å². The number of H-pyrrole nitrogens is 1. The van der Waals surface area contributed by atoms with Crippen molar-refractivity contribution >= 4 is 44.7 Å². The van der Waals surface area contributed by atoms with Crippen LogP contribution in [0.3, 0.4) is 0 Å². The van der Waals surface area contributed by atoms with Gasteiger partial charge in [-0.2, -0.15) is 0 Å². The summed E-state index contributed by atoms with van der Waals surface area (Å²) >= 11 is 0. The first-order chi connectivity index (χ1) is 12.1. The number of nitrogens with zero attached hydrogens (tertiary/aromatic N) is 1. The number of hydrogen-bond acceptors (Lipinski definition) is 5. The van der Waals surface area contributed by atoms with Crippen molar-refractivity contribution in [3.8, 4) is 0 Å². The molecule has 9 heteroatoms. The Hall–Kier alpha value is -2.52. The van der Waals surface area contributed by atoms with Gasteiger partial charge in [-0.25, -0.2) is 9.78 Å². The molecule has 130 valence electrons. The topological polar surface area (TPSA) is 101 Å². The molecule has 0 fully saturated rings. The van der Waals surface area contributed by atoms with Crippen LogP contribution in [0.15, 0.2) is 58.3 Å². The van der Waals surface area contributed by atoms with Gasteiger partial charge in [-0.3, -0.25) is 13.7 Å². The predicted molar refractivity (Wildman–Crippen MR) is 96.2 cm³/mol. The number of fused-ring (bicyclic) bond motifs is 1. The summed E-state index contributed by atoms with van der Waals surface area (Å²) in [6.45, 7) is 0. The number of amides is 1. The van der Waals surface area contributed by atoms with E-state index < -0.39 is 27.7 Å². The number of rotatable bonds is 5. The maximum atomic E-state index is 12.5. The number of methoxy groups -OCH3 is 1. The minimum atomic E-state index is -1.43. The van der Waals surface area contributed by atoms with E-state index in [4.69, 9.17) is 0 Å². The van der Waals surface area contributed by atoms with E-state index in [9.17, 15) is 13.2 Å². The molecule has 2 unspecified atom stereocenters. The van der Waals surface area contributed by atoms with Gasteiger partial charge in [-0.05, 0) is 30.3 Å². The third-order valence-corrected chi connectivity index (χ3v) is 6.63. The molecule has 3 aromatic rings. The molecule has 0 aliphatic rings. The van der Waals surface area contributed by atoms with Crippen LogP contribution in [0.2, 0.25) is 0 Å². The lowest BCUT2D eigenvalue weighted by Crippen LogP contribution is -2.11. The van der Waals surface area contributed by atoms with Crippen LogP contribution < -0.4 is 5.32 Å². The molecule has 3 rings (SSSR count). The highest BCUT2D eigenvalue weighted by atomic mass is 32.2. The van der Waals surface area contributed by atoms with Crippen molar-refractivity contribution in [3.05, 3.63) is 48.5 Å². The van der Waals surface area contributed by atoms with Crippen molar-refractivity contribution in [1.29, 1.82) is 0 Å². The third-order valence-electron chi connectivity index (χ3n) is 3.34. The minimum absolute atomic E-state index is 0.0108. The zero-order valence-electron chi connectivity index (χ0n) is 13.2. The van der Waals surface area contributed by atoms with Crippen LogP contribution in [0, 0.1) is 0 Å². The van der Waals surface area contributed by atoms with Gasteiger partial charge in [0.2, 0.25) is 5.95 Å². The van der Waals surface area contributed by atoms with Crippen molar-refractivity contribution in [1.82, 2.24) is 9.97 Å². The summed E-state index contributed by atoms with van der Waals surface area (Å²) < 4.78 is 29.3. The molecule has 1 aromatic heterocycles. The van der Waals surface area contributed by atoms with Gasteiger partial charge in [-0.15, -0.1) is 0 Å². The molecule has 0 bridgehead atoms. The number of imidazole rings is 1. The number of anilines is 1. The lowest BCUT2D eigenvalue weighted by Gasteiger charge is -2.03. The molecule has 1 heterocycles. The Labute approximate surface area is 148 Å². The van der Waals surface area contributed by atoms with E-state index in [0.29, 0.717) is 20.8 Å². The largest absolute Gasteiger partial charge is 0.453 e. The zero-order chi connectivity index (χ0) is 17.8. The standard InChI is InChI=1S/C16H15N3O4S2/c1-23-16(20)19-15-17-13-8-7-12(9-14(13)18-15)25(22)10-24(21)11-5-3-2-4-6-11/h2-9H,10H2,1H3,(H2,17,18,19,20). The van der Waals surface area contributed by atoms with Crippen LogP contribution in [0.1, 0.15) is 0 Å². The summed E-state index contributed by atoms with van der Waals surface area (Å²) in [6, 6.07) is 13.9. The smallest absolute Gasteiger partial charge is 0.413 e. The summed E-state index contributed by atoms with van der Waals surface area (Å²) in [4.78, 5) is 19.5. The Morgan fingerprint density at radius 3 is 2.56 bits per heavy atom. The molecule has 2 aromatic carbocycles. The highest BCUT2D eigenvalue weighted by Crippen LogP contribution is 2.19. The normalized spacial score (nSPS) is 13.3. The average molecular weight is 377 g/mol. The number of benzene rings is 2. The van der Waals surface area contributed by atoms with Crippen molar-refractivity contribution < 1.29 is 17.9 Å². The monoisotopic (exact) mass is 377 g/mol. The van der Waals surface area contributed by atoms with Crippen LogP contribution in [0.25, 0.3) is 11.0 Å². The van der Waals surface area contributed by atoms with E-state index in [0.717, 1.165) is 0 Å². The van der Waals surface area contributed by atoms with Gasteiger partial charge >= 0.3 is 6.09 Å². The molecule has 0 aliphatic carbocycles. The highest BCUT2D eigenvalue weighted by Gasteiger charge is 2.13. The molecular weight excluding hydrogens is 362 g/mol. The summed E-state index contributed by atoms with van der Waals surface area (Å²) in [5, 5.41) is 2.44. The first kappa shape index (κ1) is 17.3. The van der Waals surface area contributed by atoms with E-state index in [-0.39, 0.29) is 11.0 Å². The number of carbonyl (C=O) groups is 1. The van der Waals surface area contributed by atoms with E-state index >= 15 is 0 Å². The molecule has 1 amide bonds. The quantitative estimate of drug-likeness (QED) is 0.712. The summed E-state index contributed by atoms with van der Waals surface area (Å²) in [7, 11) is -1.53. The van der Waals surface area contributed by atoms with Crippen LogP contribution in [-0.4, -0.2) is 36.7 Å². The molecule has 0 saturated carbocycles. The SMILES string of the molecule is COC(=O)Nc1nc2ccc(S(=O)CS(=O)c3ccccc3)cc2[nH]1. The highest BCUT2D eigenvalue weighted by molar-refractivity contribution is 8.01. The molecule has 25 heavy (non-hydrogen) atoms. The van der Waals surface area contributed by atoms with Crippen molar-refractivity contribution in [2.75, 3.05) is 17.5 Å². The molecule has 7 nitrogen and oxygen atoms in total. The van der Waals surface area contributed by atoms with E-state index in [1.165, 1.54) is 7.11 Å². The minimum Gasteiger partial charge on any atom is -0.453 e. The third kappa shape index (κ3) is 4.12. The molecule has 2 atom stereocenters. The number of ether oxygens (including phenoxy) is 1. The predicted octanol–water partition coefficient (Wildman–Crippen LogP) is 2.61. The number of nitrogens with one attached hydrogen (secondary N) is 2. The van der Waals surface area contributed by atoms with Gasteiger partial charge in [0, 0.05) is 9.79 Å². The fourth-order valence-electron chi connectivity index (χ4n) is 2.14. The Balaban J connectivity index is 1.77. The van der Waals surface area contributed by atoms with Crippen molar-refractivity contribution in [3.63, 3.8) is 0 Å². The maximum Gasteiger partial charge on any atom is 0.413 e. The molecule has 0 spiro atoms. The maximum absolute atomic E-state index is 12.5. The number of aromatic nitrogens is 2. The van der Waals surface area contributed by atoms with Crippen molar-refractivity contribution in [2.45, 2.75) is 9.79 Å². The summed E-state index contributed by atoms with van der Waals surface area (Å²) in [5.41, 5.74) is 1.22. The Morgan fingerprint density at radius 1 is 1.12 bits per heavy atom. The average Bonchev–Trinajstić information content (AvgIpc) is 3.03. The summed E-state index contributed by atoms with van der Waals surface area (Å²) in [5.74, 6) is 0.234. The summed E-state index contributed by atoms with van der Waals surface area (Å²) in [6.07, 6.45) is -0.638. The zero-order valence-corrected chi connectivity index (χ0v) is 14.9. The lowest BCUT2D eigenvalue weighted by molar-refractivity contribution is 0.186. The van der Waals surface area contributed by atoms with Gasteiger partial charge in [0.05, 0.1) is 39.7 Å². The molecule has 2 N–H and O–H groups in total. The van der Waals surface area contributed by atoms with Crippen LogP contribution >= 0.6 is 0 Å². The molecule has 0 saturated heterocycles. The lowest BCUT2D eigenvalue weighted by atomic mass is 10.3. The van der Waals surface area contributed by atoms with Crippen LogP contribution in [0.5, 0.6) is 0 Å². The van der Waals surface area contributed by atoms with E-state index in [1.807, 2.05) is 6.07 Å². The second-order valence-corrected chi connectivity index (χ2v) is 8.27. The van der Waals surface area contributed by atoms with Gasteiger partial charge in [0.15, 0.2) is 0 Å². The van der Waals surface area contributed by atoms with Gasteiger partial charge in [0.1, 0.15) is 5.08 Å². The van der Waals surface area contributed by atoms with Crippen LogP contribution in [-0.2, 0) is 26.3 Å². The molecular formula is C16H15N3O4S2. The first-order valence-electron chi connectivity index (χ1n) is 7.23. The molecule has 0 aliphatic heterocycles. The van der Waals surface area contributed by atoms with Gasteiger partial charge in [-0.1, -0.05) is 18.2 Å². The number of hydrogen-bond donors (Lipinski definition) is 2. The van der Waals surface area contributed by atoms with E-state index in [2.05, 4.69) is 20.0 Å². The first-order valence-corrected chi connectivity index (χ1v) is 9.87. The fourth-order valence-corrected chi connectivity index (χ4v) is 4.94. The number of aromatic amines is 1. The molecule has 0 radical (unpaired) electrons. The van der Waals surface area contributed by atoms with Gasteiger partial charge in [0.25, 0.3) is 0 Å². The second kappa shape index (κ2) is 7.58. The second-order valence-electron chi connectivity index (χ2n) is 5.00. The Kier molecular flexibility index (Phi) is 5.25. The van der Waals surface area contributed by atoms with Gasteiger partial charge < -0.3 is 9.72 Å².